The second-order valence-electron chi connectivity index (χ2n) is 8.88. The molecule has 2 aliphatic rings. The molecule has 1 saturated heterocycles. The van der Waals surface area contributed by atoms with Crippen LogP contribution in [0, 0.1) is 13.8 Å². The highest BCUT2D eigenvalue weighted by atomic mass is 16.5. The Morgan fingerprint density at radius 1 is 1.06 bits per heavy atom. The van der Waals surface area contributed by atoms with Crippen molar-refractivity contribution in [2.45, 2.75) is 64.7 Å². The van der Waals surface area contributed by atoms with Gasteiger partial charge in [0.05, 0.1) is 12.7 Å². The highest BCUT2D eigenvalue weighted by molar-refractivity contribution is 5.95. The van der Waals surface area contributed by atoms with Crippen molar-refractivity contribution in [2.75, 3.05) is 19.6 Å². The second kappa shape index (κ2) is 10.2. The Hall–Kier alpha value is -2.80. The van der Waals surface area contributed by atoms with Crippen molar-refractivity contribution in [3.8, 4) is 0 Å². The van der Waals surface area contributed by atoms with E-state index >= 15 is 0 Å². The number of hydrogen-bond donors (Lipinski definition) is 0. The summed E-state index contributed by atoms with van der Waals surface area (Å²) in [5.41, 5.74) is 2.14. The van der Waals surface area contributed by atoms with Crippen molar-refractivity contribution in [2.24, 2.45) is 0 Å². The lowest BCUT2D eigenvalue weighted by molar-refractivity contribution is -0.134. The van der Waals surface area contributed by atoms with Gasteiger partial charge >= 0.3 is 0 Å². The van der Waals surface area contributed by atoms with Crippen LogP contribution < -0.4 is 0 Å². The zero-order chi connectivity index (χ0) is 22.5. The summed E-state index contributed by atoms with van der Waals surface area (Å²) in [5.74, 6) is 0.305. The van der Waals surface area contributed by atoms with Crippen LogP contribution in [0.25, 0.3) is 0 Å². The second-order valence-corrected chi connectivity index (χ2v) is 8.88. The van der Waals surface area contributed by atoms with E-state index in [1.54, 1.807) is 17.9 Å². The van der Waals surface area contributed by atoms with Gasteiger partial charge in [-0.1, -0.05) is 49.6 Å². The van der Waals surface area contributed by atoms with Gasteiger partial charge in [-0.05, 0) is 38.3 Å². The van der Waals surface area contributed by atoms with Crippen LogP contribution in [0.1, 0.15) is 59.7 Å². The molecule has 4 rings (SSSR count). The molecule has 1 saturated carbocycles. The maximum atomic E-state index is 13.3. The lowest BCUT2D eigenvalue weighted by Gasteiger charge is -2.34. The zero-order valence-electron chi connectivity index (χ0n) is 19.0. The average molecular weight is 437 g/mol. The minimum Gasteiger partial charge on any atom is -0.370 e. The SMILES string of the molecule is Cc1cc(C(=O)N2CC(=O)N(C3CCCCC3)C[C@H](OCc3ccccc3)C2)nc(C)n1. The summed E-state index contributed by atoms with van der Waals surface area (Å²) in [5, 5.41) is 0. The third-order valence-corrected chi connectivity index (χ3v) is 6.29. The Balaban J connectivity index is 1.55. The van der Waals surface area contributed by atoms with E-state index in [0.29, 0.717) is 31.2 Å². The molecule has 2 fully saturated rings. The van der Waals surface area contributed by atoms with Gasteiger partial charge in [0.15, 0.2) is 0 Å². The van der Waals surface area contributed by atoms with E-state index < -0.39 is 0 Å². The van der Waals surface area contributed by atoms with Crippen LogP contribution in [0.3, 0.4) is 0 Å². The van der Waals surface area contributed by atoms with Crippen LogP contribution in [0.4, 0.5) is 0 Å². The number of ether oxygens (including phenoxy) is 1. The first-order valence-electron chi connectivity index (χ1n) is 11.6. The molecule has 2 aromatic rings. The maximum absolute atomic E-state index is 13.3. The van der Waals surface area contributed by atoms with E-state index in [9.17, 15) is 9.59 Å². The Morgan fingerprint density at radius 3 is 2.53 bits per heavy atom. The summed E-state index contributed by atoms with van der Waals surface area (Å²) in [4.78, 5) is 38.7. The van der Waals surface area contributed by atoms with Gasteiger partial charge in [-0.15, -0.1) is 0 Å². The van der Waals surface area contributed by atoms with Gasteiger partial charge < -0.3 is 14.5 Å². The predicted octanol–water partition coefficient (Wildman–Crippen LogP) is 3.30. The third-order valence-electron chi connectivity index (χ3n) is 6.29. The van der Waals surface area contributed by atoms with E-state index in [1.807, 2.05) is 42.2 Å². The van der Waals surface area contributed by atoms with E-state index in [2.05, 4.69) is 9.97 Å². The molecule has 7 nitrogen and oxygen atoms in total. The average Bonchev–Trinajstić information content (AvgIpc) is 2.96. The first kappa shape index (κ1) is 22.4. The van der Waals surface area contributed by atoms with Crippen LogP contribution in [0.15, 0.2) is 36.4 Å². The molecule has 7 heteroatoms. The Bertz CT molecular complexity index is 923. The highest BCUT2D eigenvalue weighted by Crippen LogP contribution is 2.25. The van der Waals surface area contributed by atoms with Crippen LogP contribution >= 0.6 is 0 Å². The predicted molar refractivity (Wildman–Crippen MR) is 121 cm³/mol. The van der Waals surface area contributed by atoms with Gasteiger partial charge in [0.1, 0.15) is 18.1 Å². The number of rotatable bonds is 5. The van der Waals surface area contributed by atoms with Crippen molar-refractivity contribution in [1.29, 1.82) is 0 Å². The van der Waals surface area contributed by atoms with E-state index in [4.69, 9.17) is 4.74 Å². The highest BCUT2D eigenvalue weighted by Gasteiger charge is 2.35. The number of carbonyl (C=O) groups is 2. The number of nitrogens with zero attached hydrogens (tertiary/aromatic N) is 4. The largest absolute Gasteiger partial charge is 0.370 e. The summed E-state index contributed by atoms with van der Waals surface area (Å²) in [6, 6.07) is 11.9. The molecule has 1 aromatic heterocycles. The number of carbonyl (C=O) groups excluding carboxylic acids is 2. The molecule has 170 valence electrons. The van der Waals surface area contributed by atoms with Crippen LogP contribution in [0.2, 0.25) is 0 Å². The molecule has 1 aliphatic carbocycles. The van der Waals surface area contributed by atoms with Gasteiger partial charge in [-0.2, -0.15) is 0 Å². The third kappa shape index (κ3) is 5.51. The number of amides is 2. The monoisotopic (exact) mass is 436 g/mol. The summed E-state index contributed by atoms with van der Waals surface area (Å²) in [6.45, 7) is 5.00. The van der Waals surface area contributed by atoms with Crippen molar-refractivity contribution in [3.05, 3.63) is 59.2 Å². The number of aromatic nitrogens is 2. The van der Waals surface area contributed by atoms with Gasteiger partial charge in [-0.25, -0.2) is 9.97 Å². The van der Waals surface area contributed by atoms with Crippen molar-refractivity contribution in [1.82, 2.24) is 19.8 Å². The molecule has 1 aromatic carbocycles. The van der Waals surface area contributed by atoms with Crippen LogP contribution in [0.5, 0.6) is 0 Å². The molecule has 2 heterocycles. The lowest BCUT2D eigenvalue weighted by Crippen LogP contribution is -2.46. The topological polar surface area (TPSA) is 75.6 Å². The molecule has 1 atom stereocenters. The molecular weight excluding hydrogens is 404 g/mol. The first-order chi connectivity index (χ1) is 15.5. The molecule has 32 heavy (non-hydrogen) atoms. The molecule has 0 spiro atoms. The molecule has 0 radical (unpaired) electrons. The fraction of sp³-hybridized carbons (Fsp3) is 0.520. The maximum Gasteiger partial charge on any atom is 0.273 e. The minimum absolute atomic E-state index is 0.00133. The number of hydrogen-bond acceptors (Lipinski definition) is 5. The summed E-state index contributed by atoms with van der Waals surface area (Å²) in [6.07, 6.45) is 5.31. The molecule has 0 bridgehead atoms. The van der Waals surface area contributed by atoms with Crippen molar-refractivity contribution < 1.29 is 14.3 Å². The number of benzene rings is 1. The zero-order valence-corrected chi connectivity index (χ0v) is 19.0. The quantitative estimate of drug-likeness (QED) is 0.719. The standard InChI is InChI=1S/C25H32N4O3/c1-18-13-23(27-19(2)26-18)25(31)28-14-22(32-17-20-9-5-3-6-10-20)15-29(24(30)16-28)21-11-7-4-8-12-21/h3,5-6,9-10,13,21-22H,4,7-8,11-12,14-17H2,1-2H3/t22-/m1/s1. The lowest BCUT2D eigenvalue weighted by atomic mass is 9.94. The van der Waals surface area contributed by atoms with Crippen molar-refractivity contribution in [3.63, 3.8) is 0 Å². The molecule has 0 unspecified atom stereocenters. The fourth-order valence-corrected chi connectivity index (χ4v) is 4.73. The molecule has 2 amide bonds. The first-order valence-corrected chi connectivity index (χ1v) is 11.6. The fourth-order valence-electron chi connectivity index (χ4n) is 4.73. The summed E-state index contributed by atoms with van der Waals surface area (Å²) < 4.78 is 6.26. The van der Waals surface area contributed by atoms with Gasteiger partial charge in [0, 0.05) is 24.8 Å². The van der Waals surface area contributed by atoms with E-state index in [0.717, 1.165) is 36.9 Å². The summed E-state index contributed by atoms with van der Waals surface area (Å²) >= 11 is 0. The molecular formula is C25H32N4O3. The Labute approximate surface area is 189 Å². The van der Waals surface area contributed by atoms with E-state index in [1.165, 1.54) is 6.42 Å². The van der Waals surface area contributed by atoms with Crippen molar-refractivity contribution >= 4 is 11.8 Å². The van der Waals surface area contributed by atoms with E-state index in [-0.39, 0.29) is 30.5 Å². The minimum atomic E-state index is -0.253. The Kier molecular flexibility index (Phi) is 7.15. The van der Waals surface area contributed by atoms with Crippen LogP contribution in [-0.2, 0) is 16.1 Å². The Morgan fingerprint density at radius 2 is 1.81 bits per heavy atom. The van der Waals surface area contributed by atoms with Gasteiger partial charge in [-0.3, -0.25) is 9.59 Å². The smallest absolute Gasteiger partial charge is 0.273 e. The normalized spacial score (nSPS) is 20.3. The van der Waals surface area contributed by atoms with Gasteiger partial charge in [0.25, 0.3) is 5.91 Å². The van der Waals surface area contributed by atoms with Crippen LogP contribution in [-0.4, -0.2) is 63.4 Å². The molecule has 0 N–H and O–H groups in total. The van der Waals surface area contributed by atoms with Gasteiger partial charge in [0.2, 0.25) is 5.91 Å². The number of aryl methyl sites for hydroxylation is 2. The molecule has 1 aliphatic heterocycles. The summed E-state index contributed by atoms with van der Waals surface area (Å²) in [7, 11) is 0.